The van der Waals surface area contributed by atoms with Crippen LogP contribution in [0.4, 0.5) is 0 Å². The van der Waals surface area contributed by atoms with Crippen molar-refractivity contribution in [2.45, 2.75) is 39.2 Å². The molecule has 5 heteroatoms. The Labute approximate surface area is 114 Å². The molecule has 2 rings (SSSR count). The molecule has 5 nitrogen and oxygen atoms in total. The minimum absolute atomic E-state index is 0.0715. The van der Waals surface area contributed by atoms with E-state index in [0.29, 0.717) is 12.6 Å². The Hall–Kier alpha value is -1.36. The van der Waals surface area contributed by atoms with Gasteiger partial charge in [0.25, 0.3) is 0 Å². The Kier molecular flexibility index (Phi) is 3.94. The molecule has 1 aliphatic carbocycles. The van der Waals surface area contributed by atoms with Crippen molar-refractivity contribution in [2.75, 3.05) is 13.6 Å². The van der Waals surface area contributed by atoms with Gasteiger partial charge in [0.2, 0.25) is 5.91 Å². The molecule has 1 unspecified atom stereocenters. The van der Waals surface area contributed by atoms with Gasteiger partial charge in [0, 0.05) is 37.9 Å². The maximum atomic E-state index is 11.8. The predicted molar refractivity (Wildman–Crippen MR) is 74.7 cm³/mol. The third-order valence-corrected chi connectivity index (χ3v) is 4.01. The van der Waals surface area contributed by atoms with Crippen molar-refractivity contribution in [2.24, 2.45) is 12.5 Å². The molecule has 0 saturated carbocycles. The number of fused-ring (bicyclic) bond motifs is 1. The first-order valence-corrected chi connectivity index (χ1v) is 6.92. The number of aryl methyl sites for hydroxylation is 1. The fourth-order valence-electron chi connectivity index (χ4n) is 2.72. The highest BCUT2D eigenvalue weighted by Crippen LogP contribution is 2.29. The summed E-state index contributed by atoms with van der Waals surface area (Å²) in [5, 5.41) is 10.6. The maximum absolute atomic E-state index is 11.8. The van der Waals surface area contributed by atoms with E-state index in [2.05, 4.69) is 15.7 Å². The van der Waals surface area contributed by atoms with Crippen molar-refractivity contribution in [3.8, 4) is 0 Å². The molecule has 0 spiro atoms. The van der Waals surface area contributed by atoms with Crippen LogP contribution in [0.15, 0.2) is 6.20 Å². The molecule has 0 aromatic carbocycles. The zero-order valence-electron chi connectivity index (χ0n) is 12.3. The van der Waals surface area contributed by atoms with E-state index in [1.807, 2.05) is 31.8 Å². The van der Waals surface area contributed by atoms with Gasteiger partial charge in [-0.3, -0.25) is 9.48 Å². The lowest BCUT2D eigenvalue weighted by atomic mass is 9.89. The molecular weight excluding hydrogens is 240 g/mol. The number of hydrogen-bond donors (Lipinski definition) is 2. The average Bonchev–Trinajstić information content (AvgIpc) is 2.78. The van der Waals surface area contributed by atoms with Crippen LogP contribution in [0, 0.1) is 5.41 Å². The van der Waals surface area contributed by atoms with Crippen LogP contribution in [-0.4, -0.2) is 29.3 Å². The quantitative estimate of drug-likeness (QED) is 0.858. The molecule has 0 bridgehead atoms. The molecule has 2 N–H and O–H groups in total. The van der Waals surface area contributed by atoms with E-state index >= 15 is 0 Å². The van der Waals surface area contributed by atoms with E-state index < -0.39 is 5.41 Å². The molecule has 0 fully saturated rings. The van der Waals surface area contributed by atoms with Gasteiger partial charge < -0.3 is 10.6 Å². The predicted octanol–water partition coefficient (Wildman–Crippen LogP) is 1.16. The van der Waals surface area contributed by atoms with Crippen LogP contribution in [0.1, 0.15) is 44.0 Å². The van der Waals surface area contributed by atoms with Gasteiger partial charge >= 0.3 is 0 Å². The molecule has 1 amide bonds. The fraction of sp³-hybridized carbons (Fsp3) is 0.714. The summed E-state index contributed by atoms with van der Waals surface area (Å²) >= 11 is 0. The Morgan fingerprint density at radius 3 is 3.00 bits per heavy atom. The topological polar surface area (TPSA) is 59.0 Å². The van der Waals surface area contributed by atoms with E-state index in [-0.39, 0.29) is 5.91 Å². The van der Waals surface area contributed by atoms with Crippen molar-refractivity contribution in [3.05, 3.63) is 17.5 Å². The Balaban J connectivity index is 2.04. The number of amides is 1. The third-order valence-electron chi connectivity index (χ3n) is 4.01. The molecule has 1 heterocycles. The monoisotopic (exact) mass is 264 g/mol. The van der Waals surface area contributed by atoms with Crippen molar-refractivity contribution >= 4 is 5.91 Å². The highest BCUT2D eigenvalue weighted by atomic mass is 16.2. The van der Waals surface area contributed by atoms with Crippen molar-refractivity contribution in [1.82, 2.24) is 20.4 Å². The van der Waals surface area contributed by atoms with Gasteiger partial charge in [-0.05, 0) is 33.1 Å². The van der Waals surface area contributed by atoms with E-state index in [1.54, 1.807) is 7.05 Å². The number of rotatable bonds is 4. The number of nitrogens with one attached hydrogen (secondary N) is 2. The first-order chi connectivity index (χ1) is 8.95. The second kappa shape index (κ2) is 5.33. The summed E-state index contributed by atoms with van der Waals surface area (Å²) in [5.41, 5.74) is 2.22. The van der Waals surface area contributed by atoms with Crippen LogP contribution in [0.5, 0.6) is 0 Å². The smallest absolute Gasteiger partial charge is 0.226 e. The fourth-order valence-corrected chi connectivity index (χ4v) is 2.72. The van der Waals surface area contributed by atoms with E-state index in [9.17, 15) is 4.79 Å². The van der Waals surface area contributed by atoms with Crippen LogP contribution in [-0.2, 0) is 18.3 Å². The van der Waals surface area contributed by atoms with Gasteiger partial charge in [-0.2, -0.15) is 5.10 Å². The molecule has 0 aliphatic heterocycles. The molecule has 0 saturated heterocycles. The lowest BCUT2D eigenvalue weighted by molar-refractivity contribution is -0.128. The second-order valence-electron chi connectivity index (χ2n) is 5.96. The summed E-state index contributed by atoms with van der Waals surface area (Å²) in [7, 11) is 3.68. The Bertz CT molecular complexity index is 464. The first-order valence-electron chi connectivity index (χ1n) is 6.92. The average molecular weight is 264 g/mol. The summed E-state index contributed by atoms with van der Waals surface area (Å²) in [4.78, 5) is 11.8. The lowest BCUT2D eigenvalue weighted by Gasteiger charge is -2.29. The minimum atomic E-state index is -0.394. The summed E-state index contributed by atoms with van der Waals surface area (Å²) in [5.74, 6) is 0.0715. The maximum Gasteiger partial charge on any atom is 0.226 e. The van der Waals surface area contributed by atoms with Gasteiger partial charge in [0.05, 0.1) is 11.6 Å². The molecule has 0 radical (unpaired) electrons. The van der Waals surface area contributed by atoms with Crippen LogP contribution < -0.4 is 10.6 Å². The van der Waals surface area contributed by atoms with Crippen molar-refractivity contribution in [3.63, 3.8) is 0 Å². The highest BCUT2D eigenvalue weighted by molar-refractivity contribution is 5.81. The van der Waals surface area contributed by atoms with Gasteiger partial charge in [0.15, 0.2) is 0 Å². The number of nitrogens with zero attached hydrogens (tertiary/aromatic N) is 2. The molecule has 1 atom stereocenters. The molecule has 1 aromatic rings. The number of aromatic nitrogens is 2. The zero-order chi connectivity index (χ0) is 14.0. The summed E-state index contributed by atoms with van der Waals surface area (Å²) in [6.45, 7) is 4.60. The molecule has 1 aromatic heterocycles. The molecule has 1 aliphatic rings. The lowest BCUT2D eigenvalue weighted by Crippen LogP contribution is -2.43. The van der Waals surface area contributed by atoms with Gasteiger partial charge in [-0.25, -0.2) is 0 Å². The number of hydrogen-bond acceptors (Lipinski definition) is 3. The normalized spacial score (nSPS) is 19.1. The third kappa shape index (κ3) is 2.81. The van der Waals surface area contributed by atoms with Gasteiger partial charge in [-0.1, -0.05) is 0 Å². The van der Waals surface area contributed by atoms with Crippen molar-refractivity contribution < 1.29 is 4.79 Å². The Morgan fingerprint density at radius 1 is 1.58 bits per heavy atom. The van der Waals surface area contributed by atoms with E-state index in [0.717, 1.165) is 12.8 Å². The minimum Gasteiger partial charge on any atom is -0.359 e. The van der Waals surface area contributed by atoms with Crippen LogP contribution in [0.3, 0.4) is 0 Å². The van der Waals surface area contributed by atoms with Gasteiger partial charge in [-0.15, -0.1) is 0 Å². The van der Waals surface area contributed by atoms with E-state index in [1.165, 1.54) is 17.7 Å². The van der Waals surface area contributed by atoms with Gasteiger partial charge in [0.1, 0.15) is 0 Å². The first kappa shape index (κ1) is 14.1. The second-order valence-corrected chi connectivity index (χ2v) is 5.96. The number of carbonyl (C=O) groups excluding carboxylic acids is 1. The standard InChI is InChI=1S/C14H24N4O/c1-14(2,13(19)15-3)9-16-11-6-5-7-12-10(11)8-17-18(12)4/h8,11,16H,5-7,9H2,1-4H3,(H,15,19). The molecule has 106 valence electrons. The summed E-state index contributed by atoms with van der Waals surface area (Å²) < 4.78 is 1.97. The van der Waals surface area contributed by atoms with E-state index in [4.69, 9.17) is 0 Å². The zero-order valence-corrected chi connectivity index (χ0v) is 12.3. The van der Waals surface area contributed by atoms with Crippen molar-refractivity contribution in [1.29, 1.82) is 0 Å². The highest BCUT2D eigenvalue weighted by Gasteiger charge is 2.29. The molecular formula is C14H24N4O. The molecule has 19 heavy (non-hydrogen) atoms. The summed E-state index contributed by atoms with van der Waals surface area (Å²) in [6, 6.07) is 0.321. The van der Waals surface area contributed by atoms with Crippen LogP contribution >= 0.6 is 0 Å². The SMILES string of the molecule is CNC(=O)C(C)(C)CNC1CCCc2c1cnn2C. The Morgan fingerprint density at radius 2 is 2.32 bits per heavy atom. The number of carbonyl (C=O) groups is 1. The summed E-state index contributed by atoms with van der Waals surface area (Å²) in [6.07, 6.45) is 5.34. The largest absolute Gasteiger partial charge is 0.359 e. The van der Waals surface area contributed by atoms with Crippen LogP contribution in [0.25, 0.3) is 0 Å². The van der Waals surface area contributed by atoms with Crippen LogP contribution in [0.2, 0.25) is 0 Å².